The van der Waals surface area contributed by atoms with Crippen molar-refractivity contribution in [3.8, 4) is 0 Å². The molecule has 4 rings (SSSR count). The van der Waals surface area contributed by atoms with Gasteiger partial charge in [-0.25, -0.2) is 4.79 Å². The molecule has 0 bridgehead atoms. The van der Waals surface area contributed by atoms with E-state index in [1.54, 1.807) is 6.26 Å². The van der Waals surface area contributed by atoms with E-state index in [4.69, 9.17) is 9.15 Å². The van der Waals surface area contributed by atoms with Gasteiger partial charge in [-0.3, -0.25) is 0 Å². The number of aryl methyl sites for hydroxylation is 1. The number of furan rings is 1. The van der Waals surface area contributed by atoms with Crippen molar-refractivity contribution in [2.24, 2.45) is 10.8 Å². The summed E-state index contributed by atoms with van der Waals surface area (Å²) >= 11 is 0. The SMILES string of the molecule is CC1=CCC23COC(=O)C2=CCC=C3C1(C)CCc1ccoc1. The average Bonchev–Trinajstić information content (AvgIpc) is 3.18. The first-order valence-electron chi connectivity index (χ1n) is 8.33. The molecule has 3 aliphatic rings. The molecule has 0 amide bonds. The molecule has 3 nitrogen and oxygen atoms in total. The Balaban J connectivity index is 1.72. The van der Waals surface area contributed by atoms with Crippen LogP contribution in [0.3, 0.4) is 0 Å². The van der Waals surface area contributed by atoms with Crippen LogP contribution in [0.25, 0.3) is 0 Å². The lowest BCUT2D eigenvalue weighted by atomic mass is 9.54. The van der Waals surface area contributed by atoms with Crippen LogP contribution in [0.2, 0.25) is 0 Å². The fourth-order valence-corrected chi connectivity index (χ4v) is 4.49. The summed E-state index contributed by atoms with van der Waals surface area (Å²) in [6.45, 7) is 5.03. The molecule has 1 fully saturated rings. The molecule has 1 aromatic rings. The number of hydrogen-bond acceptors (Lipinski definition) is 3. The predicted octanol–water partition coefficient (Wildman–Crippen LogP) is 4.37. The van der Waals surface area contributed by atoms with E-state index >= 15 is 0 Å². The third-order valence-electron chi connectivity index (χ3n) is 6.06. The van der Waals surface area contributed by atoms with E-state index < -0.39 is 0 Å². The maximum absolute atomic E-state index is 12.1. The first kappa shape index (κ1) is 14.6. The highest BCUT2D eigenvalue weighted by Gasteiger charge is 2.55. The van der Waals surface area contributed by atoms with E-state index in [9.17, 15) is 4.79 Å². The molecule has 2 heterocycles. The first-order valence-corrected chi connectivity index (χ1v) is 8.33. The second-order valence-electron chi connectivity index (χ2n) is 7.18. The highest BCUT2D eigenvalue weighted by molar-refractivity contribution is 5.94. The quantitative estimate of drug-likeness (QED) is 0.615. The molecule has 2 unspecified atom stereocenters. The van der Waals surface area contributed by atoms with Crippen LogP contribution in [-0.4, -0.2) is 12.6 Å². The van der Waals surface area contributed by atoms with Gasteiger partial charge in [-0.2, -0.15) is 0 Å². The van der Waals surface area contributed by atoms with Crippen LogP contribution in [0.4, 0.5) is 0 Å². The summed E-state index contributed by atoms with van der Waals surface area (Å²) in [7, 11) is 0. The fourth-order valence-electron chi connectivity index (χ4n) is 4.49. The number of hydrogen-bond donors (Lipinski definition) is 0. The summed E-state index contributed by atoms with van der Waals surface area (Å²) in [5, 5.41) is 0. The van der Waals surface area contributed by atoms with E-state index in [0.29, 0.717) is 6.61 Å². The summed E-state index contributed by atoms with van der Waals surface area (Å²) in [6, 6.07) is 2.03. The van der Waals surface area contributed by atoms with Gasteiger partial charge in [-0.05, 0) is 49.8 Å². The van der Waals surface area contributed by atoms with Crippen molar-refractivity contribution < 1.29 is 13.9 Å². The zero-order valence-electron chi connectivity index (χ0n) is 13.7. The van der Waals surface area contributed by atoms with Crippen LogP contribution in [0.15, 0.2) is 58.0 Å². The van der Waals surface area contributed by atoms with Gasteiger partial charge in [-0.1, -0.05) is 30.7 Å². The molecule has 1 spiro atoms. The number of ether oxygens (including phenoxy) is 1. The molecule has 1 saturated heterocycles. The van der Waals surface area contributed by atoms with Crippen molar-refractivity contribution in [1.29, 1.82) is 0 Å². The normalized spacial score (nSPS) is 32.4. The minimum Gasteiger partial charge on any atom is -0.472 e. The minimum atomic E-state index is -0.222. The third kappa shape index (κ3) is 1.99. The number of esters is 1. The maximum Gasteiger partial charge on any atom is 0.334 e. The topological polar surface area (TPSA) is 39.4 Å². The monoisotopic (exact) mass is 310 g/mol. The zero-order chi connectivity index (χ0) is 16.1. The molecular weight excluding hydrogens is 288 g/mol. The molecule has 1 aliphatic heterocycles. The summed E-state index contributed by atoms with van der Waals surface area (Å²) in [5.41, 5.74) is 4.65. The molecule has 2 aliphatic carbocycles. The lowest BCUT2D eigenvalue weighted by Crippen LogP contribution is -2.40. The standard InChI is InChI=1S/C20H22O3/c1-14-6-10-20-13-23-18(21)16(20)4-3-5-17(20)19(14,2)9-7-15-8-11-22-12-15/h4-6,8,11-12H,3,7,9-10,13H2,1-2H3. The van der Waals surface area contributed by atoms with Gasteiger partial charge in [0.1, 0.15) is 6.61 Å². The van der Waals surface area contributed by atoms with Crippen LogP contribution in [0, 0.1) is 10.8 Å². The lowest BCUT2D eigenvalue weighted by Gasteiger charge is -2.47. The van der Waals surface area contributed by atoms with Crippen molar-refractivity contribution in [2.75, 3.05) is 6.61 Å². The van der Waals surface area contributed by atoms with E-state index in [2.05, 4.69) is 32.1 Å². The van der Waals surface area contributed by atoms with Gasteiger partial charge < -0.3 is 9.15 Å². The summed E-state index contributed by atoms with van der Waals surface area (Å²) in [4.78, 5) is 12.1. The number of carbonyl (C=O) groups is 1. The maximum atomic E-state index is 12.1. The fraction of sp³-hybridized carbons (Fsp3) is 0.450. The Hall–Kier alpha value is -2.03. The molecule has 0 aromatic carbocycles. The van der Waals surface area contributed by atoms with Crippen molar-refractivity contribution >= 4 is 5.97 Å². The van der Waals surface area contributed by atoms with Crippen molar-refractivity contribution in [1.82, 2.24) is 0 Å². The van der Waals surface area contributed by atoms with Gasteiger partial charge >= 0.3 is 5.97 Å². The predicted molar refractivity (Wildman–Crippen MR) is 87.7 cm³/mol. The molecule has 0 radical (unpaired) electrons. The van der Waals surface area contributed by atoms with Crippen LogP contribution in [-0.2, 0) is 16.0 Å². The van der Waals surface area contributed by atoms with Crippen LogP contribution in [0.5, 0.6) is 0 Å². The van der Waals surface area contributed by atoms with Gasteiger partial charge in [0.2, 0.25) is 0 Å². The molecular formula is C20H22O3. The number of cyclic esters (lactones) is 1. The molecule has 23 heavy (non-hydrogen) atoms. The second kappa shape index (κ2) is 4.98. The van der Waals surface area contributed by atoms with Crippen LogP contribution in [0.1, 0.15) is 38.7 Å². The molecule has 2 atom stereocenters. The Morgan fingerprint density at radius 1 is 1.26 bits per heavy atom. The highest BCUT2D eigenvalue weighted by atomic mass is 16.5. The largest absolute Gasteiger partial charge is 0.472 e. The summed E-state index contributed by atoms with van der Waals surface area (Å²) < 4.78 is 10.6. The Labute approximate surface area is 136 Å². The Morgan fingerprint density at radius 2 is 2.13 bits per heavy atom. The molecule has 3 heteroatoms. The number of carbonyl (C=O) groups excluding carboxylic acids is 1. The van der Waals surface area contributed by atoms with Gasteiger partial charge in [0.15, 0.2) is 0 Å². The highest BCUT2D eigenvalue weighted by Crippen LogP contribution is 2.59. The van der Waals surface area contributed by atoms with Crippen LogP contribution >= 0.6 is 0 Å². The molecule has 1 aromatic heterocycles. The number of allylic oxidation sites excluding steroid dienone is 4. The van der Waals surface area contributed by atoms with Crippen molar-refractivity contribution in [3.63, 3.8) is 0 Å². The van der Waals surface area contributed by atoms with Crippen molar-refractivity contribution in [3.05, 3.63) is 59.1 Å². The van der Waals surface area contributed by atoms with E-state index in [0.717, 1.165) is 31.3 Å². The molecule has 120 valence electrons. The Morgan fingerprint density at radius 3 is 2.91 bits per heavy atom. The molecule has 0 saturated carbocycles. The van der Waals surface area contributed by atoms with Crippen LogP contribution < -0.4 is 0 Å². The van der Waals surface area contributed by atoms with Crippen molar-refractivity contribution in [2.45, 2.75) is 39.5 Å². The minimum absolute atomic E-state index is 0.0248. The van der Waals surface area contributed by atoms with Gasteiger partial charge in [0.25, 0.3) is 0 Å². The van der Waals surface area contributed by atoms with E-state index in [-0.39, 0.29) is 16.8 Å². The zero-order valence-corrected chi connectivity index (χ0v) is 13.7. The smallest absolute Gasteiger partial charge is 0.334 e. The summed E-state index contributed by atoms with van der Waals surface area (Å²) in [6.07, 6.45) is 14.0. The van der Waals surface area contributed by atoms with Gasteiger partial charge in [0, 0.05) is 11.0 Å². The van der Waals surface area contributed by atoms with E-state index in [1.165, 1.54) is 16.7 Å². The lowest BCUT2D eigenvalue weighted by molar-refractivity contribution is -0.135. The Kier molecular flexibility index (Phi) is 3.15. The van der Waals surface area contributed by atoms with Gasteiger partial charge in [-0.15, -0.1) is 0 Å². The molecule has 0 N–H and O–H groups in total. The number of rotatable bonds is 3. The average molecular weight is 310 g/mol. The first-order chi connectivity index (χ1) is 11.1. The van der Waals surface area contributed by atoms with Gasteiger partial charge in [0.05, 0.1) is 17.9 Å². The second-order valence-corrected chi connectivity index (χ2v) is 7.18. The van der Waals surface area contributed by atoms with E-state index in [1.807, 2.05) is 12.3 Å². The Bertz CT molecular complexity index is 735. The third-order valence-corrected chi connectivity index (χ3v) is 6.06. The summed E-state index contributed by atoms with van der Waals surface area (Å²) in [5.74, 6) is -0.124.